The van der Waals surface area contributed by atoms with Crippen LogP contribution in [0.3, 0.4) is 0 Å². The fraction of sp³-hybridized carbons (Fsp3) is 0.559. The smallest absolute Gasteiger partial charge is 0.390 e. The van der Waals surface area contributed by atoms with Crippen molar-refractivity contribution >= 4 is 49.3 Å². The molecule has 280 valence electrons. The number of alkyl halides is 3. The van der Waals surface area contributed by atoms with Gasteiger partial charge in [-0.25, -0.2) is 5.01 Å². The molecule has 0 atom stereocenters. The molecule has 0 unspecified atom stereocenters. The van der Waals surface area contributed by atoms with Crippen molar-refractivity contribution < 1.29 is 37.4 Å². The zero-order valence-corrected chi connectivity index (χ0v) is 30.0. The first-order valence-electron chi connectivity index (χ1n) is 16.3. The summed E-state index contributed by atoms with van der Waals surface area (Å²) in [5.74, 6) is -1.28. The number of benzene rings is 1. The monoisotopic (exact) mass is 729 g/mol. The number of hydrazone groups is 1. The van der Waals surface area contributed by atoms with Crippen molar-refractivity contribution in [2.24, 2.45) is 10.1 Å². The third kappa shape index (κ3) is 14.6. The van der Waals surface area contributed by atoms with Gasteiger partial charge in [-0.05, 0) is 82.5 Å². The lowest BCUT2D eigenvalue weighted by Gasteiger charge is -2.38. The summed E-state index contributed by atoms with van der Waals surface area (Å²) < 4.78 is 43.9. The van der Waals surface area contributed by atoms with Gasteiger partial charge in [0.15, 0.2) is 0 Å². The van der Waals surface area contributed by atoms with Crippen LogP contribution in [0.4, 0.5) is 18.9 Å². The van der Waals surface area contributed by atoms with Crippen molar-refractivity contribution in [2.75, 3.05) is 65.3 Å². The number of carbonyl (C=O) groups is 3. The van der Waals surface area contributed by atoms with E-state index in [-0.39, 0.29) is 10.7 Å². The summed E-state index contributed by atoms with van der Waals surface area (Å²) in [7, 11) is 3.50. The van der Waals surface area contributed by atoms with Crippen molar-refractivity contribution in [3.63, 3.8) is 0 Å². The van der Waals surface area contributed by atoms with Gasteiger partial charge >= 0.3 is 6.18 Å². The van der Waals surface area contributed by atoms with E-state index in [4.69, 9.17) is 21.1 Å². The van der Waals surface area contributed by atoms with E-state index in [9.17, 15) is 27.9 Å². The van der Waals surface area contributed by atoms with E-state index < -0.39 is 35.7 Å². The van der Waals surface area contributed by atoms with Crippen LogP contribution in [0.2, 0.25) is 5.02 Å². The highest BCUT2D eigenvalue weighted by molar-refractivity contribution is 6.33. The van der Waals surface area contributed by atoms with Crippen molar-refractivity contribution in [3.05, 3.63) is 51.8 Å². The van der Waals surface area contributed by atoms with E-state index in [2.05, 4.69) is 45.6 Å². The Kier molecular flexibility index (Phi) is 20.2. The molecule has 4 N–H and O–H groups in total. The molecule has 1 aliphatic carbocycles. The molecule has 0 radical (unpaired) electrons. The van der Waals surface area contributed by atoms with Gasteiger partial charge in [0.05, 0.1) is 41.6 Å². The second kappa shape index (κ2) is 22.8. The van der Waals surface area contributed by atoms with E-state index in [1.54, 1.807) is 14.1 Å². The van der Waals surface area contributed by atoms with Crippen molar-refractivity contribution in [1.29, 1.82) is 0 Å². The van der Waals surface area contributed by atoms with Crippen LogP contribution in [0.1, 0.15) is 57.4 Å². The molecule has 1 aliphatic heterocycles. The van der Waals surface area contributed by atoms with Gasteiger partial charge in [0.1, 0.15) is 19.0 Å². The fourth-order valence-electron chi connectivity index (χ4n) is 5.21. The third-order valence-electron chi connectivity index (χ3n) is 8.09. The Balaban J connectivity index is 0.000000969. The first kappa shape index (κ1) is 44.2. The molecule has 1 heterocycles. The van der Waals surface area contributed by atoms with Gasteiger partial charge in [0.25, 0.3) is 5.91 Å². The summed E-state index contributed by atoms with van der Waals surface area (Å²) in [5, 5.41) is 23.4. The first-order valence-corrected chi connectivity index (χ1v) is 16.6. The van der Waals surface area contributed by atoms with Crippen molar-refractivity contribution in [2.45, 2.75) is 63.6 Å². The average molecular weight is 730 g/mol. The summed E-state index contributed by atoms with van der Waals surface area (Å²) >= 11 is 5.95. The third-order valence-corrected chi connectivity index (χ3v) is 8.40. The second-order valence-corrected chi connectivity index (χ2v) is 11.9. The zero-order chi connectivity index (χ0) is 37.7. The predicted molar refractivity (Wildman–Crippen MR) is 191 cm³/mol. The van der Waals surface area contributed by atoms with Crippen molar-refractivity contribution in [1.82, 2.24) is 20.5 Å². The SMILES string of the molecule is C=NCC1=CCOCC1.C=NN(CC(=O)Nc1ccc(C(F)(F)F)cc1Cl)C(=O)/C(=C(/CC)NC)N(CCCC1(O)CCC1)CCNC.C=O. The molecule has 1 saturated carbocycles. The number of nitrogens with one attached hydrogen (secondary N) is 3. The quantitative estimate of drug-likeness (QED) is 0.0785. The van der Waals surface area contributed by atoms with Gasteiger partial charge in [-0.1, -0.05) is 24.6 Å². The second-order valence-electron chi connectivity index (χ2n) is 11.5. The number of hydrogen-bond acceptors (Lipinski definition) is 10. The Morgan fingerprint density at radius 3 is 2.34 bits per heavy atom. The molecule has 0 bridgehead atoms. The molecular weight excluding hydrogens is 679 g/mol. The largest absolute Gasteiger partial charge is 0.416 e. The summed E-state index contributed by atoms with van der Waals surface area (Å²) in [6.07, 6.45) is 2.85. The number of nitrogens with zero attached hydrogens (tertiary/aromatic N) is 4. The Bertz CT molecular complexity index is 1320. The molecule has 0 saturated heterocycles. The van der Waals surface area contributed by atoms with Crippen LogP contribution in [0.15, 0.2) is 51.3 Å². The van der Waals surface area contributed by atoms with E-state index in [1.165, 1.54) is 5.57 Å². The molecule has 16 heteroatoms. The highest BCUT2D eigenvalue weighted by Crippen LogP contribution is 2.36. The normalized spacial score (nSPS) is 15.2. The zero-order valence-electron chi connectivity index (χ0n) is 29.2. The minimum absolute atomic E-state index is 0.0315. The minimum atomic E-state index is -4.58. The fourth-order valence-corrected chi connectivity index (χ4v) is 5.44. The number of aliphatic imine (C=N–C) groups is 1. The van der Waals surface area contributed by atoms with Crippen LogP contribution < -0.4 is 16.0 Å². The van der Waals surface area contributed by atoms with E-state index in [0.29, 0.717) is 56.4 Å². The van der Waals surface area contributed by atoms with Gasteiger partial charge in [-0.15, -0.1) is 0 Å². The molecule has 1 aromatic rings. The van der Waals surface area contributed by atoms with E-state index >= 15 is 0 Å². The van der Waals surface area contributed by atoms with Gasteiger partial charge in [0.2, 0.25) is 5.91 Å². The summed E-state index contributed by atoms with van der Waals surface area (Å²) in [5.41, 5.74) is 0.690. The lowest BCUT2D eigenvalue weighted by atomic mass is 9.77. The molecular formula is C34H51ClF3N7O5. The molecule has 12 nitrogen and oxygen atoms in total. The molecule has 1 fully saturated rings. The predicted octanol–water partition coefficient (Wildman–Crippen LogP) is 4.65. The molecule has 2 aliphatic rings. The Morgan fingerprint density at radius 2 is 1.86 bits per heavy atom. The van der Waals surface area contributed by atoms with Crippen LogP contribution in [-0.2, 0) is 25.3 Å². The molecule has 3 rings (SSSR count). The van der Waals surface area contributed by atoms with Crippen LogP contribution in [0.5, 0.6) is 0 Å². The number of allylic oxidation sites excluding steroid dienone is 1. The van der Waals surface area contributed by atoms with E-state index in [0.717, 1.165) is 62.6 Å². The Hall–Kier alpha value is -3.79. The highest BCUT2D eigenvalue weighted by atomic mass is 35.5. The number of hydrogen-bond donors (Lipinski definition) is 4. The standard InChI is InChI=1S/C26H38ClF3N6O3.C7H11NO.CH2O/c1-5-20(32-3)23(35(15-13-31-2)14-7-12-25(39)10-6-11-25)24(38)36(33-4)17-22(37)34-21-9-8-18(16-19(21)27)26(28,29)30;1-8-6-7-2-4-9-5-3-7;1-2/h8-9,16,31-32,39H,4-7,10-15,17H2,1-3H3,(H,34,37);2H,1,3-6H2;1H2/b23-20+;;. The number of aliphatic hydroxyl groups is 1. The lowest BCUT2D eigenvalue weighted by Crippen LogP contribution is -2.44. The minimum Gasteiger partial charge on any atom is -0.390 e. The first-order chi connectivity index (χ1) is 23.8. The van der Waals surface area contributed by atoms with Gasteiger partial charge in [0, 0.05) is 39.1 Å². The van der Waals surface area contributed by atoms with E-state index in [1.807, 2.05) is 18.6 Å². The van der Waals surface area contributed by atoms with Crippen LogP contribution in [0, 0.1) is 0 Å². The molecule has 2 amide bonds. The average Bonchev–Trinajstić information content (AvgIpc) is 3.09. The lowest BCUT2D eigenvalue weighted by molar-refractivity contribution is -0.137. The summed E-state index contributed by atoms with van der Waals surface area (Å²) in [6.45, 7) is 14.2. The number of carbonyl (C=O) groups excluding carboxylic acids is 3. The topological polar surface area (TPSA) is 148 Å². The molecule has 1 aromatic carbocycles. The molecule has 0 spiro atoms. The number of rotatable bonds is 17. The number of halogens is 4. The maximum absolute atomic E-state index is 13.7. The number of anilines is 1. The Morgan fingerprint density at radius 1 is 1.16 bits per heavy atom. The molecule has 0 aromatic heterocycles. The van der Waals surface area contributed by atoms with Crippen LogP contribution >= 0.6 is 11.6 Å². The number of likely N-dealkylation sites (N-methyl/N-ethyl adjacent to an activating group) is 1. The van der Waals surface area contributed by atoms with Crippen LogP contribution in [0.25, 0.3) is 0 Å². The summed E-state index contributed by atoms with van der Waals surface area (Å²) in [4.78, 5) is 40.2. The van der Waals surface area contributed by atoms with Crippen molar-refractivity contribution in [3.8, 4) is 0 Å². The van der Waals surface area contributed by atoms with Gasteiger partial charge in [-0.2, -0.15) is 18.3 Å². The maximum atomic E-state index is 13.7. The maximum Gasteiger partial charge on any atom is 0.416 e. The van der Waals surface area contributed by atoms with Gasteiger partial charge in [-0.3, -0.25) is 14.6 Å². The van der Waals surface area contributed by atoms with Crippen LogP contribution in [-0.4, -0.2) is 113 Å². The molecule has 50 heavy (non-hydrogen) atoms. The van der Waals surface area contributed by atoms with Gasteiger partial charge < -0.3 is 35.5 Å². The highest BCUT2D eigenvalue weighted by Gasteiger charge is 2.34. The number of ether oxygens (including phenoxy) is 1. The summed E-state index contributed by atoms with van der Waals surface area (Å²) in [6, 6.07) is 2.57. The Labute approximate surface area is 297 Å². The number of amides is 2.